The van der Waals surface area contributed by atoms with Crippen molar-refractivity contribution in [1.82, 2.24) is 0 Å². The van der Waals surface area contributed by atoms with Crippen molar-refractivity contribution in [3.8, 4) is 0 Å². The maximum Gasteiger partial charge on any atom is 0.340 e. The van der Waals surface area contributed by atoms with E-state index in [0.29, 0.717) is 22.1 Å². The van der Waals surface area contributed by atoms with Crippen LogP contribution in [-0.2, 0) is 9.47 Å². The second-order valence-electron chi connectivity index (χ2n) is 3.34. The summed E-state index contributed by atoms with van der Waals surface area (Å²) >= 11 is 10.0. The highest BCUT2D eigenvalue weighted by atomic mass is 35.5. The summed E-state index contributed by atoms with van der Waals surface area (Å²) in [7, 11) is 1.55. The molecule has 0 saturated heterocycles. The maximum atomic E-state index is 11.7. The first-order valence-corrected chi connectivity index (χ1v) is 5.55. The van der Waals surface area contributed by atoms with E-state index in [-0.39, 0.29) is 6.10 Å². The average Bonchev–Trinajstić information content (AvgIpc) is 2.21. The lowest BCUT2D eigenvalue weighted by Crippen LogP contribution is -2.19. The number of ether oxygens (including phenoxy) is 2. The monoisotopic (exact) mass is 260 g/mol. The van der Waals surface area contributed by atoms with Crippen molar-refractivity contribution in [3.05, 3.63) is 28.8 Å². The predicted octanol–water partition coefficient (Wildman–Crippen LogP) is 2.82. The molecule has 0 fully saturated rings. The molecule has 1 rings (SSSR count). The summed E-state index contributed by atoms with van der Waals surface area (Å²) in [6, 6.07) is 4.90. The highest BCUT2D eigenvalue weighted by molar-refractivity contribution is 7.80. The lowest BCUT2D eigenvalue weighted by molar-refractivity contribution is 0.0120. The molecule has 16 heavy (non-hydrogen) atoms. The zero-order valence-corrected chi connectivity index (χ0v) is 10.7. The molecule has 1 aromatic rings. The van der Waals surface area contributed by atoms with Crippen LogP contribution in [0.2, 0.25) is 5.02 Å². The molecule has 0 N–H and O–H groups in total. The Kier molecular flexibility index (Phi) is 5.12. The van der Waals surface area contributed by atoms with Crippen LogP contribution in [0.15, 0.2) is 23.1 Å². The van der Waals surface area contributed by atoms with Gasteiger partial charge in [-0.05, 0) is 25.1 Å². The molecule has 5 heteroatoms. The third-order valence-electron chi connectivity index (χ3n) is 1.88. The Morgan fingerprint density at radius 2 is 2.25 bits per heavy atom. The van der Waals surface area contributed by atoms with Gasteiger partial charge in [-0.15, -0.1) is 12.6 Å². The van der Waals surface area contributed by atoms with Crippen molar-refractivity contribution in [3.63, 3.8) is 0 Å². The third-order valence-corrected chi connectivity index (χ3v) is 2.49. The minimum Gasteiger partial charge on any atom is -0.457 e. The Balaban J connectivity index is 2.76. The van der Waals surface area contributed by atoms with Crippen molar-refractivity contribution < 1.29 is 14.3 Å². The molecule has 0 aliphatic carbocycles. The van der Waals surface area contributed by atoms with Crippen molar-refractivity contribution in [1.29, 1.82) is 0 Å². The second kappa shape index (κ2) is 6.13. The van der Waals surface area contributed by atoms with E-state index in [1.54, 1.807) is 32.2 Å². The normalized spacial score (nSPS) is 12.2. The number of hydrogen-bond acceptors (Lipinski definition) is 4. The van der Waals surface area contributed by atoms with Gasteiger partial charge in [-0.1, -0.05) is 11.6 Å². The molecule has 0 amide bonds. The van der Waals surface area contributed by atoms with Crippen LogP contribution in [0.4, 0.5) is 0 Å². The zero-order chi connectivity index (χ0) is 12.1. The minimum atomic E-state index is -0.467. The molecule has 88 valence electrons. The Morgan fingerprint density at radius 1 is 1.56 bits per heavy atom. The van der Waals surface area contributed by atoms with Crippen LogP contribution in [0.3, 0.4) is 0 Å². The predicted molar refractivity (Wildman–Crippen MR) is 65.5 cm³/mol. The Bertz CT molecular complexity index is 381. The van der Waals surface area contributed by atoms with Gasteiger partial charge in [0.2, 0.25) is 0 Å². The Hall–Kier alpha value is -0.710. The van der Waals surface area contributed by atoms with Crippen LogP contribution < -0.4 is 0 Å². The Labute approximate surface area is 105 Å². The number of methoxy groups -OCH3 is 1. The molecule has 0 bridgehead atoms. The molecule has 0 aliphatic rings. The van der Waals surface area contributed by atoms with Gasteiger partial charge >= 0.3 is 5.97 Å². The molecule has 0 aliphatic heterocycles. The lowest BCUT2D eigenvalue weighted by Gasteiger charge is -2.12. The van der Waals surface area contributed by atoms with E-state index in [0.717, 1.165) is 0 Å². The van der Waals surface area contributed by atoms with Crippen molar-refractivity contribution >= 4 is 30.2 Å². The first kappa shape index (κ1) is 13.4. The van der Waals surface area contributed by atoms with Crippen LogP contribution in [0.1, 0.15) is 17.3 Å². The van der Waals surface area contributed by atoms with Crippen LogP contribution >= 0.6 is 24.2 Å². The van der Waals surface area contributed by atoms with Gasteiger partial charge in [0, 0.05) is 12.0 Å². The van der Waals surface area contributed by atoms with Gasteiger partial charge in [-0.3, -0.25) is 0 Å². The van der Waals surface area contributed by atoms with Gasteiger partial charge in [-0.2, -0.15) is 0 Å². The van der Waals surface area contributed by atoms with Crippen LogP contribution in [0.25, 0.3) is 0 Å². The van der Waals surface area contributed by atoms with Crippen LogP contribution in [0.5, 0.6) is 0 Å². The van der Waals surface area contributed by atoms with E-state index in [1.807, 2.05) is 0 Å². The van der Waals surface area contributed by atoms with E-state index in [1.165, 1.54) is 0 Å². The second-order valence-corrected chi connectivity index (χ2v) is 4.26. The summed E-state index contributed by atoms with van der Waals surface area (Å²) in [6.45, 7) is 2.10. The molecule has 1 unspecified atom stereocenters. The molecule has 0 radical (unpaired) electrons. The molecule has 1 aromatic carbocycles. The number of carbonyl (C=O) groups is 1. The molecular weight excluding hydrogens is 248 g/mol. The molecule has 3 nitrogen and oxygen atoms in total. The van der Waals surface area contributed by atoms with Gasteiger partial charge in [0.15, 0.2) is 0 Å². The number of esters is 1. The average molecular weight is 261 g/mol. The van der Waals surface area contributed by atoms with Gasteiger partial charge < -0.3 is 9.47 Å². The molecule has 1 atom stereocenters. The number of hydrogen-bond donors (Lipinski definition) is 1. The topological polar surface area (TPSA) is 35.5 Å². The SMILES string of the molecule is COCC(C)OC(=O)c1cc(S)ccc1Cl. The third kappa shape index (κ3) is 3.70. The van der Waals surface area contributed by atoms with Crippen LogP contribution in [-0.4, -0.2) is 25.8 Å². The van der Waals surface area contributed by atoms with Gasteiger partial charge in [-0.25, -0.2) is 4.79 Å². The van der Waals surface area contributed by atoms with E-state index in [4.69, 9.17) is 21.1 Å². The Morgan fingerprint density at radius 3 is 2.88 bits per heavy atom. The molecule has 0 saturated carbocycles. The molecular formula is C11H13ClO3S. The van der Waals surface area contributed by atoms with Gasteiger partial charge in [0.1, 0.15) is 6.10 Å². The van der Waals surface area contributed by atoms with Gasteiger partial charge in [0.25, 0.3) is 0 Å². The number of halogens is 1. The van der Waals surface area contributed by atoms with Crippen molar-refractivity contribution in [2.75, 3.05) is 13.7 Å². The summed E-state index contributed by atoms with van der Waals surface area (Å²) in [5, 5.41) is 0.354. The number of carbonyl (C=O) groups excluding carboxylic acids is 1. The summed E-state index contributed by atoms with van der Waals surface area (Å²) in [4.78, 5) is 12.4. The first-order valence-electron chi connectivity index (χ1n) is 4.73. The zero-order valence-electron chi connectivity index (χ0n) is 9.07. The maximum absolute atomic E-state index is 11.7. The summed E-state index contributed by atoms with van der Waals surface area (Å²) in [5.74, 6) is -0.467. The summed E-state index contributed by atoms with van der Waals surface area (Å²) < 4.78 is 10.00. The first-order chi connectivity index (χ1) is 7.54. The van der Waals surface area contributed by atoms with E-state index in [9.17, 15) is 4.79 Å². The fourth-order valence-corrected chi connectivity index (χ4v) is 1.58. The van der Waals surface area contributed by atoms with E-state index < -0.39 is 5.97 Å². The van der Waals surface area contributed by atoms with E-state index >= 15 is 0 Å². The number of thiol groups is 1. The molecule has 0 aromatic heterocycles. The fraction of sp³-hybridized carbons (Fsp3) is 0.364. The van der Waals surface area contributed by atoms with Gasteiger partial charge in [0.05, 0.1) is 17.2 Å². The smallest absolute Gasteiger partial charge is 0.340 e. The standard InChI is InChI=1S/C11H13ClO3S/c1-7(6-14-2)15-11(13)9-5-8(16)3-4-10(9)12/h3-5,7,16H,6H2,1-2H3. The molecule has 0 spiro atoms. The lowest BCUT2D eigenvalue weighted by atomic mass is 10.2. The molecule has 0 heterocycles. The minimum absolute atomic E-state index is 0.308. The van der Waals surface area contributed by atoms with Crippen LogP contribution in [0, 0.1) is 0 Å². The largest absolute Gasteiger partial charge is 0.457 e. The fourth-order valence-electron chi connectivity index (χ4n) is 1.18. The number of rotatable bonds is 4. The van der Waals surface area contributed by atoms with Crippen molar-refractivity contribution in [2.45, 2.75) is 17.9 Å². The quantitative estimate of drug-likeness (QED) is 0.668. The summed E-state index contributed by atoms with van der Waals surface area (Å²) in [5.41, 5.74) is 0.317. The highest BCUT2D eigenvalue weighted by Crippen LogP contribution is 2.20. The van der Waals surface area contributed by atoms with E-state index in [2.05, 4.69) is 12.6 Å². The summed E-state index contributed by atoms with van der Waals surface area (Å²) in [6.07, 6.45) is -0.308. The van der Waals surface area contributed by atoms with Crippen molar-refractivity contribution in [2.24, 2.45) is 0 Å². The highest BCUT2D eigenvalue weighted by Gasteiger charge is 2.15. The number of benzene rings is 1.